The summed E-state index contributed by atoms with van der Waals surface area (Å²) in [6, 6.07) is 12.0. The summed E-state index contributed by atoms with van der Waals surface area (Å²) in [5, 5.41) is 7.20. The monoisotopic (exact) mass is 326 g/mol. The highest BCUT2D eigenvalue weighted by Crippen LogP contribution is 2.30. The molecule has 3 aromatic rings. The number of para-hydroxylation sites is 1. The number of hydrogen-bond acceptors (Lipinski definition) is 4. The maximum absolute atomic E-state index is 5.88. The van der Waals surface area contributed by atoms with Crippen molar-refractivity contribution in [1.29, 1.82) is 0 Å². The Morgan fingerprint density at radius 2 is 2.17 bits per heavy atom. The number of aromatic nitrogens is 1. The van der Waals surface area contributed by atoms with Gasteiger partial charge in [0.25, 0.3) is 0 Å². The number of aliphatic imine (C=N–C) groups is 1. The van der Waals surface area contributed by atoms with Crippen molar-refractivity contribution in [2.24, 2.45) is 4.99 Å². The van der Waals surface area contributed by atoms with Gasteiger partial charge in [-0.3, -0.25) is 4.99 Å². The average molecular weight is 326 g/mol. The molecule has 0 unspecified atom stereocenters. The third-order valence-corrected chi connectivity index (χ3v) is 4.28. The number of rotatable bonds is 5. The lowest BCUT2D eigenvalue weighted by molar-refractivity contribution is 0.514. The first-order valence-electron chi connectivity index (χ1n) is 7.30. The van der Waals surface area contributed by atoms with Crippen LogP contribution in [0.5, 0.6) is 0 Å². The second-order valence-electron chi connectivity index (χ2n) is 4.85. The largest absolute Gasteiger partial charge is 0.457 e. The van der Waals surface area contributed by atoms with E-state index < -0.39 is 0 Å². The predicted molar refractivity (Wildman–Crippen MR) is 95.7 cm³/mol. The van der Waals surface area contributed by atoms with Crippen molar-refractivity contribution in [1.82, 2.24) is 15.6 Å². The molecule has 2 heterocycles. The predicted octanol–water partition coefficient (Wildman–Crippen LogP) is 3.41. The van der Waals surface area contributed by atoms with Gasteiger partial charge in [-0.2, -0.15) is 0 Å². The first-order valence-corrected chi connectivity index (χ1v) is 8.12. The summed E-state index contributed by atoms with van der Waals surface area (Å²) in [6.45, 7) is 4.89. The van der Waals surface area contributed by atoms with Crippen LogP contribution < -0.4 is 10.6 Å². The third-order valence-electron chi connectivity index (χ3n) is 3.23. The number of thiazole rings is 1. The van der Waals surface area contributed by atoms with Crippen molar-refractivity contribution >= 4 is 27.5 Å². The zero-order valence-electron chi connectivity index (χ0n) is 12.9. The fourth-order valence-electron chi connectivity index (χ4n) is 2.13. The molecule has 3 rings (SSSR count). The molecule has 2 N–H and O–H groups in total. The topological polar surface area (TPSA) is 62.5 Å². The molecule has 0 spiro atoms. The van der Waals surface area contributed by atoms with Gasteiger partial charge in [0.15, 0.2) is 16.7 Å². The first kappa shape index (κ1) is 15.3. The Morgan fingerprint density at radius 3 is 2.96 bits per heavy atom. The van der Waals surface area contributed by atoms with Crippen molar-refractivity contribution in [3.05, 3.63) is 54.8 Å². The van der Waals surface area contributed by atoms with Gasteiger partial charge in [-0.15, -0.1) is 17.9 Å². The minimum atomic E-state index is 0.557. The molecule has 0 fully saturated rings. The Labute approximate surface area is 138 Å². The van der Waals surface area contributed by atoms with Crippen LogP contribution in [0.25, 0.3) is 21.0 Å². The van der Waals surface area contributed by atoms with Gasteiger partial charge in [-0.1, -0.05) is 18.2 Å². The molecular formula is C17H18N4OS. The smallest absolute Gasteiger partial charge is 0.191 e. The molecule has 5 nitrogen and oxygen atoms in total. The lowest BCUT2D eigenvalue weighted by atomic mass is 10.3. The molecule has 0 aliphatic rings. The van der Waals surface area contributed by atoms with E-state index in [1.807, 2.05) is 30.3 Å². The summed E-state index contributed by atoms with van der Waals surface area (Å²) in [4.78, 5) is 8.73. The van der Waals surface area contributed by atoms with Gasteiger partial charge in [0.05, 0.1) is 16.8 Å². The van der Waals surface area contributed by atoms with E-state index >= 15 is 0 Å². The number of nitrogens with one attached hydrogen (secondary N) is 2. The van der Waals surface area contributed by atoms with Crippen LogP contribution in [0, 0.1) is 0 Å². The van der Waals surface area contributed by atoms with Gasteiger partial charge in [-0.05, 0) is 24.3 Å². The van der Waals surface area contributed by atoms with Crippen LogP contribution in [0.15, 0.2) is 58.5 Å². The molecule has 6 heteroatoms. The molecule has 0 saturated heterocycles. The number of hydrogen-bond donors (Lipinski definition) is 2. The average Bonchev–Trinajstić information content (AvgIpc) is 3.21. The molecule has 0 aliphatic carbocycles. The summed E-state index contributed by atoms with van der Waals surface area (Å²) < 4.78 is 7.04. The summed E-state index contributed by atoms with van der Waals surface area (Å²) in [5.74, 6) is 2.33. The zero-order valence-corrected chi connectivity index (χ0v) is 13.7. The Kier molecular flexibility index (Phi) is 4.73. The second-order valence-corrected chi connectivity index (χ2v) is 5.88. The van der Waals surface area contributed by atoms with Gasteiger partial charge in [-0.25, -0.2) is 4.98 Å². The molecule has 118 valence electrons. The van der Waals surface area contributed by atoms with Crippen LogP contribution in [-0.4, -0.2) is 24.5 Å². The van der Waals surface area contributed by atoms with Crippen molar-refractivity contribution in [2.75, 3.05) is 13.6 Å². The Hall–Kier alpha value is -2.60. The molecule has 23 heavy (non-hydrogen) atoms. The number of furan rings is 1. The van der Waals surface area contributed by atoms with Gasteiger partial charge in [0, 0.05) is 13.6 Å². The lowest BCUT2D eigenvalue weighted by Gasteiger charge is -2.08. The molecular weight excluding hydrogens is 308 g/mol. The van der Waals surface area contributed by atoms with Gasteiger partial charge in [0.2, 0.25) is 0 Å². The molecule has 0 bridgehead atoms. The van der Waals surface area contributed by atoms with E-state index in [-0.39, 0.29) is 0 Å². The van der Waals surface area contributed by atoms with E-state index in [0.29, 0.717) is 19.0 Å². The fourth-order valence-corrected chi connectivity index (χ4v) is 3.05. The third kappa shape index (κ3) is 3.60. The van der Waals surface area contributed by atoms with E-state index in [1.165, 1.54) is 0 Å². The minimum Gasteiger partial charge on any atom is -0.457 e. The summed E-state index contributed by atoms with van der Waals surface area (Å²) in [6.07, 6.45) is 1.78. The molecule has 0 amide bonds. The first-order chi connectivity index (χ1) is 11.3. The number of benzene rings is 1. The highest BCUT2D eigenvalue weighted by molar-refractivity contribution is 7.21. The van der Waals surface area contributed by atoms with Crippen LogP contribution in [0.2, 0.25) is 0 Å². The molecule has 0 saturated carbocycles. The van der Waals surface area contributed by atoms with Crippen LogP contribution >= 0.6 is 11.3 Å². The van der Waals surface area contributed by atoms with Crippen molar-refractivity contribution in [2.45, 2.75) is 6.54 Å². The maximum atomic E-state index is 5.88. The molecule has 1 aromatic carbocycles. The normalized spacial score (nSPS) is 11.6. The lowest BCUT2D eigenvalue weighted by Crippen LogP contribution is -2.36. The van der Waals surface area contributed by atoms with Crippen molar-refractivity contribution in [3.63, 3.8) is 0 Å². The van der Waals surface area contributed by atoms with Crippen LogP contribution in [0.4, 0.5) is 0 Å². The van der Waals surface area contributed by atoms with E-state index in [1.54, 1.807) is 24.5 Å². The number of guanidine groups is 1. The zero-order chi connectivity index (χ0) is 16.1. The van der Waals surface area contributed by atoms with E-state index in [2.05, 4.69) is 33.3 Å². The van der Waals surface area contributed by atoms with Crippen LogP contribution in [0.1, 0.15) is 5.76 Å². The SMILES string of the molecule is C=CCNC(=NC)NCc1ccc(-c2nc3ccccc3s2)o1. The Balaban J connectivity index is 1.69. The van der Waals surface area contributed by atoms with E-state index in [4.69, 9.17) is 4.42 Å². The summed E-state index contributed by atoms with van der Waals surface area (Å²) >= 11 is 1.63. The summed E-state index contributed by atoms with van der Waals surface area (Å²) in [7, 11) is 1.73. The highest BCUT2D eigenvalue weighted by atomic mass is 32.1. The van der Waals surface area contributed by atoms with Gasteiger partial charge in [0.1, 0.15) is 5.76 Å². The highest BCUT2D eigenvalue weighted by Gasteiger charge is 2.10. The molecule has 2 aromatic heterocycles. The van der Waals surface area contributed by atoms with E-state index in [9.17, 15) is 0 Å². The van der Waals surface area contributed by atoms with Gasteiger partial charge < -0.3 is 15.1 Å². The molecule has 0 atom stereocenters. The fraction of sp³-hybridized carbons (Fsp3) is 0.176. The number of nitrogens with zero attached hydrogens (tertiary/aromatic N) is 2. The Bertz CT molecular complexity index is 801. The van der Waals surface area contributed by atoms with Crippen molar-refractivity contribution in [3.8, 4) is 10.8 Å². The van der Waals surface area contributed by atoms with Gasteiger partial charge >= 0.3 is 0 Å². The maximum Gasteiger partial charge on any atom is 0.191 e. The second kappa shape index (κ2) is 7.11. The Morgan fingerprint density at radius 1 is 1.30 bits per heavy atom. The van der Waals surface area contributed by atoms with Crippen LogP contribution in [-0.2, 0) is 6.54 Å². The minimum absolute atomic E-state index is 0.557. The van der Waals surface area contributed by atoms with Crippen LogP contribution in [0.3, 0.4) is 0 Å². The molecule has 0 aliphatic heterocycles. The quantitative estimate of drug-likeness (QED) is 0.428. The molecule has 0 radical (unpaired) electrons. The summed E-state index contributed by atoms with van der Waals surface area (Å²) in [5.41, 5.74) is 0.998. The standard InChI is InChI=1S/C17H18N4OS/c1-3-10-19-17(18-2)20-11-12-8-9-14(22-12)16-21-13-6-4-5-7-15(13)23-16/h3-9H,1,10-11H2,2H3,(H2,18,19,20). The van der Waals surface area contributed by atoms with E-state index in [0.717, 1.165) is 26.7 Å². The number of fused-ring (bicyclic) bond motifs is 1. The van der Waals surface area contributed by atoms with Crippen molar-refractivity contribution < 1.29 is 4.42 Å².